The Morgan fingerprint density at radius 2 is 2.23 bits per heavy atom. The topological polar surface area (TPSA) is 70.9 Å². The van der Waals surface area contributed by atoms with Crippen LogP contribution < -0.4 is 11.3 Å². The fourth-order valence-corrected chi connectivity index (χ4v) is 1.35. The zero-order valence-corrected chi connectivity index (χ0v) is 6.87. The smallest absolute Gasteiger partial charge is 0.267 e. The van der Waals surface area contributed by atoms with Gasteiger partial charge < -0.3 is 4.98 Å². The van der Waals surface area contributed by atoms with Crippen LogP contribution in [-0.4, -0.2) is 10.9 Å². The van der Waals surface area contributed by atoms with Gasteiger partial charge in [0.15, 0.2) is 0 Å². The van der Waals surface area contributed by atoms with Gasteiger partial charge in [-0.05, 0) is 12.1 Å². The summed E-state index contributed by atoms with van der Waals surface area (Å²) in [7, 11) is 0. The molecule has 2 rings (SSSR count). The highest BCUT2D eigenvalue weighted by Crippen LogP contribution is 2.16. The fraction of sp³-hybridized carbons (Fsp3) is 0. The first kappa shape index (κ1) is 7.82. The molecule has 0 fully saturated rings. The molecule has 66 valence electrons. The molecule has 0 aliphatic heterocycles. The Kier molecular flexibility index (Phi) is 1.75. The molecule has 4 nitrogen and oxygen atoms in total. The van der Waals surface area contributed by atoms with E-state index in [-0.39, 0.29) is 5.91 Å². The molecule has 0 aliphatic carbocycles. The number of nitrogen functional groups attached to an aromatic ring is 1. The molecule has 13 heavy (non-hydrogen) atoms. The number of hydrogen-bond donors (Lipinski definition) is 3. The summed E-state index contributed by atoms with van der Waals surface area (Å²) >= 11 is 0. The molecule has 1 aromatic carbocycles. The Hall–Kier alpha value is -1.81. The third-order valence-corrected chi connectivity index (χ3v) is 1.96. The average molecular weight is 175 g/mol. The number of hydrazine groups is 1. The van der Waals surface area contributed by atoms with E-state index < -0.39 is 0 Å². The molecule has 0 bridgehead atoms. The van der Waals surface area contributed by atoms with Gasteiger partial charge >= 0.3 is 0 Å². The largest absolute Gasteiger partial charge is 0.361 e. The van der Waals surface area contributed by atoms with E-state index in [9.17, 15) is 4.79 Å². The van der Waals surface area contributed by atoms with Gasteiger partial charge in [0.05, 0.1) is 11.1 Å². The second-order valence-corrected chi connectivity index (χ2v) is 2.72. The normalized spacial score (nSPS) is 10.2. The minimum Gasteiger partial charge on any atom is -0.361 e. The number of carbonyl (C=O) groups is 1. The molecule has 0 saturated carbocycles. The van der Waals surface area contributed by atoms with Crippen molar-refractivity contribution < 1.29 is 4.79 Å². The molecule has 0 spiro atoms. The van der Waals surface area contributed by atoms with Crippen molar-refractivity contribution in [1.29, 1.82) is 0 Å². The first-order valence-corrected chi connectivity index (χ1v) is 3.90. The molecule has 0 saturated heterocycles. The Bertz CT molecular complexity index is 447. The molecule has 0 unspecified atom stereocenters. The highest BCUT2D eigenvalue weighted by atomic mass is 16.2. The molecule has 0 radical (unpaired) electrons. The number of fused-ring (bicyclic) bond motifs is 1. The second kappa shape index (κ2) is 2.91. The van der Waals surface area contributed by atoms with Crippen molar-refractivity contribution >= 4 is 16.8 Å². The number of aromatic nitrogens is 1. The van der Waals surface area contributed by atoms with Gasteiger partial charge in [0.2, 0.25) is 0 Å². The standard InChI is InChI=1S/C9H9N3O/c10-12-9(13)7-3-1-2-6-4-5-11-8(6)7/h1-5,11H,10H2,(H,12,13). The number of hydrogen-bond acceptors (Lipinski definition) is 2. The number of nitrogens with two attached hydrogens (primary N) is 1. The zero-order valence-electron chi connectivity index (χ0n) is 6.87. The van der Waals surface area contributed by atoms with Crippen LogP contribution in [0.3, 0.4) is 0 Å². The van der Waals surface area contributed by atoms with Crippen molar-refractivity contribution in [2.45, 2.75) is 0 Å². The summed E-state index contributed by atoms with van der Waals surface area (Å²) in [6, 6.07) is 7.38. The van der Waals surface area contributed by atoms with Gasteiger partial charge in [0.25, 0.3) is 5.91 Å². The van der Waals surface area contributed by atoms with Crippen molar-refractivity contribution in [3.05, 3.63) is 36.0 Å². The molecule has 2 aromatic rings. The van der Waals surface area contributed by atoms with E-state index in [1.807, 2.05) is 18.2 Å². The molecule has 1 amide bonds. The van der Waals surface area contributed by atoms with E-state index in [2.05, 4.69) is 10.4 Å². The van der Waals surface area contributed by atoms with Gasteiger partial charge in [0.1, 0.15) is 0 Å². The Morgan fingerprint density at radius 3 is 3.00 bits per heavy atom. The molecular weight excluding hydrogens is 166 g/mol. The quantitative estimate of drug-likeness (QED) is 0.340. The third kappa shape index (κ3) is 1.17. The van der Waals surface area contributed by atoms with Crippen LogP contribution in [0.25, 0.3) is 10.9 Å². The van der Waals surface area contributed by atoms with Gasteiger partial charge in [-0.1, -0.05) is 12.1 Å². The first-order valence-electron chi connectivity index (χ1n) is 3.90. The maximum Gasteiger partial charge on any atom is 0.267 e. The summed E-state index contributed by atoms with van der Waals surface area (Å²) in [6.07, 6.45) is 1.79. The monoisotopic (exact) mass is 175 g/mol. The predicted octanol–water partition coefficient (Wildman–Crippen LogP) is 0.771. The van der Waals surface area contributed by atoms with Crippen molar-refractivity contribution in [3.63, 3.8) is 0 Å². The van der Waals surface area contributed by atoms with Crippen LogP contribution >= 0.6 is 0 Å². The van der Waals surface area contributed by atoms with E-state index in [4.69, 9.17) is 5.84 Å². The zero-order chi connectivity index (χ0) is 9.26. The number of amides is 1. The predicted molar refractivity (Wildman–Crippen MR) is 50.0 cm³/mol. The summed E-state index contributed by atoms with van der Waals surface area (Å²) in [5.41, 5.74) is 3.48. The number of nitrogens with one attached hydrogen (secondary N) is 2. The number of rotatable bonds is 1. The molecule has 0 atom stereocenters. The van der Waals surface area contributed by atoms with Crippen LogP contribution in [-0.2, 0) is 0 Å². The summed E-state index contributed by atoms with van der Waals surface area (Å²) in [5, 5.41) is 1.00. The van der Waals surface area contributed by atoms with E-state index in [0.29, 0.717) is 5.56 Å². The van der Waals surface area contributed by atoms with Crippen molar-refractivity contribution in [2.24, 2.45) is 5.84 Å². The number of aromatic amines is 1. The Morgan fingerprint density at radius 1 is 1.38 bits per heavy atom. The second-order valence-electron chi connectivity index (χ2n) is 2.72. The van der Waals surface area contributed by atoms with Gasteiger partial charge in [-0.2, -0.15) is 0 Å². The minimum atomic E-state index is -0.284. The molecule has 4 N–H and O–H groups in total. The third-order valence-electron chi connectivity index (χ3n) is 1.96. The number of para-hydroxylation sites is 1. The van der Waals surface area contributed by atoms with Crippen molar-refractivity contribution in [1.82, 2.24) is 10.4 Å². The van der Waals surface area contributed by atoms with Crippen LogP contribution in [0.15, 0.2) is 30.5 Å². The Labute approximate surface area is 74.7 Å². The lowest BCUT2D eigenvalue weighted by Gasteiger charge is -2.00. The summed E-state index contributed by atoms with van der Waals surface area (Å²) in [4.78, 5) is 14.3. The summed E-state index contributed by atoms with van der Waals surface area (Å²) in [6.45, 7) is 0. The highest BCUT2D eigenvalue weighted by Gasteiger charge is 2.07. The van der Waals surface area contributed by atoms with Gasteiger partial charge in [-0.3, -0.25) is 10.2 Å². The maximum absolute atomic E-state index is 11.3. The minimum absolute atomic E-state index is 0.284. The lowest BCUT2D eigenvalue weighted by atomic mass is 10.1. The van der Waals surface area contributed by atoms with Crippen molar-refractivity contribution in [3.8, 4) is 0 Å². The summed E-state index contributed by atoms with van der Waals surface area (Å²) < 4.78 is 0. The van der Waals surface area contributed by atoms with Crippen molar-refractivity contribution in [2.75, 3.05) is 0 Å². The molecule has 4 heteroatoms. The van der Waals surface area contributed by atoms with Crippen LogP contribution in [0.1, 0.15) is 10.4 Å². The van der Waals surface area contributed by atoms with Gasteiger partial charge in [0, 0.05) is 11.6 Å². The van der Waals surface area contributed by atoms with Gasteiger partial charge in [-0.15, -0.1) is 0 Å². The molecule has 1 aromatic heterocycles. The SMILES string of the molecule is NNC(=O)c1cccc2cc[nH]c12. The van der Waals surface area contributed by atoms with Crippen LogP contribution in [0.2, 0.25) is 0 Å². The van der Waals surface area contributed by atoms with Crippen LogP contribution in [0.4, 0.5) is 0 Å². The summed E-state index contributed by atoms with van der Waals surface area (Å²) in [5.74, 6) is 4.77. The van der Waals surface area contributed by atoms with Crippen LogP contribution in [0.5, 0.6) is 0 Å². The van der Waals surface area contributed by atoms with Crippen LogP contribution in [0, 0.1) is 0 Å². The Balaban J connectivity index is 2.67. The average Bonchev–Trinajstić information content (AvgIpc) is 2.63. The van der Waals surface area contributed by atoms with E-state index in [0.717, 1.165) is 10.9 Å². The maximum atomic E-state index is 11.3. The number of carbonyl (C=O) groups excluding carboxylic acids is 1. The van der Waals surface area contributed by atoms with E-state index >= 15 is 0 Å². The molecule has 0 aliphatic rings. The fourth-order valence-electron chi connectivity index (χ4n) is 1.35. The first-order chi connectivity index (χ1) is 6.33. The lowest BCUT2D eigenvalue weighted by Crippen LogP contribution is -2.30. The van der Waals surface area contributed by atoms with E-state index in [1.54, 1.807) is 12.3 Å². The lowest BCUT2D eigenvalue weighted by molar-refractivity contribution is 0.0955. The molecular formula is C9H9N3O. The number of benzene rings is 1. The molecule has 1 heterocycles. The number of H-pyrrole nitrogens is 1. The van der Waals surface area contributed by atoms with E-state index in [1.165, 1.54) is 0 Å². The van der Waals surface area contributed by atoms with Gasteiger partial charge in [-0.25, -0.2) is 5.84 Å². The highest BCUT2D eigenvalue weighted by molar-refractivity contribution is 6.05.